The Balaban J connectivity index is 1.88. The second kappa shape index (κ2) is 6.91. The second-order valence-corrected chi connectivity index (χ2v) is 5.67. The smallest absolute Gasteiger partial charge is 0.0234 e. The van der Waals surface area contributed by atoms with Crippen LogP contribution in [0.25, 0.3) is 0 Å². The molecule has 0 bridgehead atoms. The quantitative estimate of drug-likeness (QED) is 0.859. The zero-order valence-electron chi connectivity index (χ0n) is 11.7. The first-order valence-electron chi connectivity index (χ1n) is 7.27. The topological polar surface area (TPSA) is 15.3 Å². The van der Waals surface area contributed by atoms with Gasteiger partial charge < -0.3 is 5.32 Å². The van der Waals surface area contributed by atoms with Gasteiger partial charge in [0.25, 0.3) is 0 Å². The Morgan fingerprint density at radius 1 is 1.22 bits per heavy atom. The third-order valence-corrected chi connectivity index (χ3v) is 3.67. The van der Waals surface area contributed by atoms with Crippen LogP contribution in [0, 0.1) is 5.92 Å². The minimum absolute atomic E-state index is 0.678. The molecule has 100 valence electrons. The van der Waals surface area contributed by atoms with Gasteiger partial charge in [0.2, 0.25) is 0 Å². The van der Waals surface area contributed by atoms with E-state index < -0.39 is 0 Å². The van der Waals surface area contributed by atoms with Gasteiger partial charge in [-0.1, -0.05) is 44.2 Å². The van der Waals surface area contributed by atoms with Gasteiger partial charge in [0.15, 0.2) is 0 Å². The first-order chi connectivity index (χ1) is 8.78. The van der Waals surface area contributed by atoms with Gasteiger partial charge in [0.05, 0.1) is 0 Å². The SMILES string of the molecule is CCCNC1CC(C)CN(Cc2ccccc2)C1. The number of piperidine rings is 1. The lowest BCUT2D eigenvalue weighted by Crippen LogP contribution is -2.48. The molecule has 18 heavy (non-hydrogen) atoms. The fourth-order valence-corrected chi connectivity index (χ4v) is 2.93. The molecule has 1 N–H and O–H groups in total. The Morgan fingerprint density at radius 3 is 2.72 bits per heavy atom. The summed E-state index contributed by atoms with van der Waals surface area (Å²) in [5, 5.41) is 3.68. The van der Waals surface area contributed by atoms with E-state index in [-0.39, 0.29) is 0 Å². The summed E-state index contributed by atoms with van der Waals surface area (Å²) in [6.45, 7) is 9.28. The molecule has 1 aromatic carbocycles. The van der Waals surface area contributed by atoms with Gasteiger partial charge in [-0.3, -0.25) is 4.90 Å². The molecule has 2 nitrogen and oxygen atoms in total. The monoisotopic (exact) mass is 246 g/mol. The second-order valence-electron chi connectivity index (χ2n) is 5.67. The highest BCUT2D eigenvalue weighted by atomic mass is 15.2. The molecule has 0 aromatic heterocycles. The van der Waals surface area contributed by atoms with Crippen molar-refractivity contribution in [1.82, 2.24) is 10.2 Å². The molecule has 0 saturated carbocycles. The van der Waals surface area contributed by atoms with Crippen molar-refractivity contribution in [3.8, 4) is 0 Å². The van der Waals surface area contributed by atoms with Crippen molar-refractivity contribution in [2.75, 3.05) is 19.6 Å². The Labute approximate surface area is 111 Å². The molecule has 1 fully saturated rings. The average molecular weight is 246 g/mol. The molecular weight excluding hydrogens is 220 g/mol. The van der Waals surface area contributed by atoms with Crippen LogP contribution >= 0.6 is 0 Å². The molecule has 2 atom stereocenters. The van der Waals surface area contributed by atoms with Gasteiger partial charge >= 0.3 is 0 Å². The van der Waals surface area contributed by atoms with Crippen molar-refractivity contribution in [2.24, 2.45) is 5.92 Å². The molecule has 0 radical (unpaired) electrons. The lowest BCUT2D eigenvalue weighted by atomic mass is 9.95. The normalized spacial score (nSPS) is 25.2. The molecule has 1 aliphatic heterocycles. The van der Waals surface area contributed by atoms with Crippen molar-refractivity contribution >= 4 is 0 Å². The predicted octanol–water partition coefficient (Wildman–Crippen LogP) is 2.90. The highest BCUT2D eigenvalue weighted by molar-refractivity contribution is 5.14. The molecule has 0 spiro atoms. The van der Waals surface area contributed by atoms with Crippen molar-refractivity contribution in [3.63, 3.8) is 0 Å². The molecule has 2 heteroatoms. The van der Waals surface area contributed by atoms with E-state index in [0.717, 1.165) is 19.0 Å². The predicted molar refractivity (Wildman–Crippen MR) is 77.6 cm³/mol. The molecule has 1 saturated heterocycles. The summed E-state index contributed by atoms with van der Waals surface area (Å²) in [5.74, 6) is 0.803. The summed E-state index contributed by atoms with van der Waals surface area (Å²) in [4.78, 5) is 2.59. The van der Waals surface area contributed by atoms with Gasteiger partial charge in [0, 0.05) is 25.7 Å². The van der Waals surface area contributed by atoms with Gasteiger partial charge in [-0.25, -0.2) is 0 Å². The fraction of sp³-hybridized carbons (Fsp3) is 0.625. The van der Waals surface area contributed by atoms with E-state index in [1.165, 1.54) is 31.5 Å². The van der Waals surface area contributed by atoms with Crippen LogP contribution in [0.3, 0.4) is 0 Å². The standard InChI is InChI=1S/C16H26N2/c1-3-9-17-16-10-14(2)11-18(13-16)12-15-7-5-4-6-8-15/h4-8,14,16-17H,3,9-13H2,1-2H3. The zero-order valence-corrected chi connectivity index (χ0v) is 11.7. The lowest BCUT2D eigenvalue weighted by Gasteiger charge is -2.37. The molecule has 0 aliphatic carbocycles. The third kappa shape index (κ3) is 4.11. The highest BCUT2D eigenvalue weighted by Gasteiger charge is 2.23. The lowest BCUT2D eigenvalue weighted by molar-refractivity contribution is 0.142. The zero-order chi connectivity index (χ0) is 12.8. The van der Waals surface area contributed by atoms with E-state index in [9.17, 15) is 0 Å². The van der Waals surface area contributed by atoms with E-state index in [2.05, 4.69) is 54.4 Å². The molecule has 2 unspecified atom stereocenters. The summed E-state index contributed by atoms with van der Waals surface area (Å²) < 4.78 is 0. The van der Waals surface area contributed by atoms with E-state index in [4.69, 9.17) is 0 Å². The van der Waals surface area contributed by atoms with Crippen LogP contribution in [0.2, 0.25) is 0 Å². The van der Waals surface area contributed by atoms with Crippen LogP contribution in [-0.4, -0.2) is 30.6 Å². The van der Waals surface area contributed by atoms with Crippen molar-refractivity contribution in [1.29, 1.82) is 0 Å². The first-order valence-corrected chi connectivity index (χ1v) is 7.27. The van der Waals surface area contributed by atoms with Gasteiger partial charge in [-0.2, -0.15) is 0 Å². The summed E-state index contributed by atoms with van der Waals surface area (Å²) in [7, 11) is 0. The molecule has 1 aromatic rings. The summed E-state index contributed by atoms with van der Waals surface area (Å²) in [5.41, 5.74) is 1.43. The third-order valence-electron chi connectivity index (χ3n) is 3.67. The summed E-state index contributed by atoms with van der Waals surface area (Å²) >= 11 is 0. The average Bonchev–Trinajstić information content (AvgIpc) is 2.37. The van der Waals surface area contributed by atoms with Gasteiger partial charge in [-0.05, 0) is 30.9 Å². The van der Waals surface area contributed by atoms with Crippen LogP contribution in [0.4, 0.5) is 0 Å². The number of nitrogens with zero attached hydrogens (tertiary/aromatic N) is 1. The van der Waals surface area contributed by atoms with E-state index in [1.54, 1.807) is 0 Å². The number of rotatable bonds is 5. The summed E-state index contributed by atoms with van der Waals surface area (Å²) in [6.07, 6.45) is 2.55. The van der Waals surface area contributed by atoms with Crippen LogP contribution in [0.15, 0.2) is 30.3 Å². The molecule has 0 amide bonds. The molecule has 2 rings (SSSR count). The van der Waals surface area contributed by atoms with Crippen LogP contribution in [0.5, 0.6) is 0 Å². The maximum Gasteiger partial charge on any atom is 0.0234 e. The van der Waals surface area contributed by atoms with Crippen molar-refractivity contribution < 1.29 is 0 Å². The van der Waals surface area contributed by atoms with Crippen molar-refractivity contribution in [3.05, 3.63) is 35.9 Å². The van der Waals surface area contributed by atoms with E-state index in [1.807, 2.05) is 0 Å². The molecule has 1 aliphatic rings. The van der Waals surface area contributed by atoms with Crippen LogP contribution in [0.1, 0.15) is 32.3 Å². The summed E-state index contributed by atoms with van der Waals surface area (Å²) in [6, 6.07) is 11.5. The molecular formula is C16H26N2. The highest BCUT2D eigenvalue weighted by Crippen LogP contribution is 2.18. The maximum atomic E-state index is 3.68. The van der Waals surface area contributed by atoms with E-state index in [0.29, 0.717) is 6.04 Å². The number of likely N-dealkylation sites (tertiary alicyclic amines) is 1. The van der Waals surface area contributed by atoms with Crippen molar-refractivity contribution in [2.45, 2.75) is 39.3 Å². The number of nitrogens with one attached hydrogen (secondary N) is 1. The fourth-order valence-electron chi connectivity index (χ4n) is 2.93. The number of hydrogen-bond acceptors (Lipinski definition) is 2. The van der Waals surface area contributed by atoms with E-state index >= 15 is 0 Å². The van der Waals surface area contributed by atoms with Crippen LogP contribution < -0.4 is 5.32 Å². The Kier molecular flexibility index (Phi) is 5.21. The maximum absolute atomic E-state index is 3.68. The minimum Gasteiger partial charge on any atom is -0.313 e. The van der Waals surface area contributed by atoms with Gasteiger partial charge in [0.1, 0.15) is 0 Å². The van der Waals surface area contributed by atoms with Crippen LogP contribution in [-0.2, 0) is 6.54 Å². The largest absolute Gasteiger partial charge is 0.313 e. The Hall–Kier alpha value is -0.860. The Morgan fingerprint density at radius 2 is 2.00 bits per heavy atom. The minimum atomic E-state index is 0.678. The number of hydrogen-bond donors (Lipinski definition) is 1. The first kappa shape index (κ1) is 13.6. The number of benzene rings is 1. The molecule has 1 heterocycles. The van der Waals surface area contributed by atoms with Gasteiger partial charge in [-0.15, -0.1) is 0 Å². The Bertz CT molecular complexity index is 336.